The quantitative estimate of drug-likeness (QED) is 0.884. The van der Waals surface area contributed by atoms with Crippen LogP contribution in [0, 0.1) is 6.92 Å². The van der Waals surface area contributed by atoms with Gasteiger partial charge in [0.2, 0.25) is 0 Å². The van der Waals surface area contributed by atoms with Gasteiger partial charge in [0.15, 0.2) is 0 Å². The van der Waals surface area contributed by atoms with E-state index in [1.165, 1.54) is 22.3 Å². The van der Waals surface area contributed by atoms with Crippen molar-refractivity contribution in [3.8, 4) is 11.1 Å². The summed E-state index contributed by atoms with van der Waals surface area (Å²) in [6.07, 6.45) is 3.84. The van der Waals surface area contributed by atoms with E-state index in [4.69, 9.17) is 0 Å². The predicted molar refractivity (Wildman–Crippen MR) is 76.4 cm³/mol. The number of benzene rings is 1. The molecule has 0 aliphatic carbocycles. The van der Waals surface area contributed by atoms with Crippen molar-refractivity contribution in [2.45, 2.75) is 33.4 Å². The van der Waals surface area contributed by atoms with E-state index in [1.807, 2.05) is 12.4 Å². The van der Waals surface area contributed by atoms with Crippen molar-refractivity contribution >= 4 is 0 Å². The highest BCUT2D eigenvalue weighted by atomic mass is 14.9. The van der Waals surface area contributed by atoms with E-state index in [0.717, 1.165) is 6.54 Å². The molecule has 0 saturated heterocycles. The molecule has 0 atom stereocenters. The number of hydrogen-bond donors (Lipinski definition) is 1. The first kappa shape index (κ1) is 12.8. The van der Waals surface area contributed by atoms with Crippen LogP contribution in [0.2, 0.25) is 0 Å². The largest absolute Gasteiger partial charge is 0.310 e. The van der Waals surface area contributed by atoms with E-state index in [1.54, 1.807) is 0 Å². The van der Waals surface area contributed by atoms with E-state index < -0.39 is 0 Å². The summed E-state index contributed by atoms with van der Waals surface area (Å²) >= 11 is 0. The molecule has 0 spiro atoms. The van der Waals surface area contributed by atoms with Crippen LogP contribution >= 0.6 is 0 Å². The summed E-state index contributed by atoms with van der Waals surface area (Å²) in [5.74, 6) is 0. The van der Waals surface area contributed by atoms with Crippen LogP contribution in [0.3, 0.4) is 0 Å². The molecule has 0 saturated carbocycles. The van der Waals surface area contributed by atoms with E-state index in [9.17, 15) is 0 Å². The molecule has 0 aliphatic heterocycles. The standard InChI is InChI=1S/C16H20N2/c1-12(2)18-10-14-8-16(11-17-9-14)15-6-4-13(3)5-7-15/h4-9,11-12,18H,10H2,1-3H3. The number of rotatable bonds is 4. The zero-order valence-electron chi connectivity index (χ0n) is 11.3. The first-order chi connectivity index (χ1) is 8.65. The number of aromatic nitrogens is 1. The predicted octanol–water partition coefficient (Wildman–Crippen LogP) is 3.56. The second-order valence-electron chi connectivity index (χ2n) is 4.98. The number of nitrogens with zero attached hydrogens (tertiary/aromatic N) is 1. The lowest BCUT2D eigenvalue weighted by Crippen LogP contribution is -2.21. The molecule has 1 heterocycles. The lowest BCUT2D eigenvalue weighted by atomic mass is 10.0. The molecule has 1 aromatic heterocycles. The van der Waals surface area contributed by atoms with Gasteiger partial charge in [-0.1, -0.05) is 43.7 Å². The van der Waals surface area contributed by atoms with Crippen LogP contribution in [-0.2, 0) is 6.54 Å². The molecule has 0 amide bonds. The molecule has 2 rings (SSSR count). The zero-order valence-corrected chi connectivity index (χ0v) is 11.3. The minimum absolute atomic E-state index is 0.494. The lowest BCUT2D eigenvalue weighted by molar-refractivity contribution is 0.588. The van der Waals surface area contributed by atoms with Crippen LogP contribution in [0.15, 0.2) is 42.7 Å². The van der Waals surface area contributed by atoms with Gasteiger partial charge in [0.25, 0.3) is 0 Å². The Bertz CT molecular complexity index is 501. The highest BCUT2D eigenvalue weighted by Gasteiger charge is 2.01. The number of aryl methyl sites for hydroxylation is 1. The molecule has 2 nitrogen and oxygen atoms in total. The first-order valence-corrected chi connectivity index (χ1v) is 6.39. The Morgan fingerprint density at radius 1 is 1.06 bits per heavy atom. The zero-order chi connectivity index (χ0) is 13.0. The van der Waals surface area contributed by atoms with E-state index in [-0.39, 0.29) is 0 Å². The summed E-state index contributed by atoms with van der Waals surface area (Å²) in [4.78, 5) is 4.32. The maximum Gasteiger partial charge on any atom is 0.0346 e. The van der Waals surface area contributed by atoms with Gasteiger partial charge in [0.05, 0.1) is 0 Å². The van der Waals surface area contributed by atoms with Gasteiger partial charge in [0, 0.05) is 30.5 Å². The Morgan fingerprint density at radius 2 is 1.78 bits per heavy atom. The molecule has 0 bridgehead atoms. The molecule has 1 N–H and O–H groups in total. The second kappa shape index (κ2) is 5.78. The summed E-state index contributed by atoms with van der Waals surface area (Å²) in [5, 5.41) is 3.41. The summed E-state index contributed by atoms with van der Waals surface area (Å²) in [6, 6.07) is 11.3. The lowest BCUT2D eigenvalue weighted by Gasteiger charge is -2.09. The van der Waals surface area contributed by atoms with E-state index >= 15 is 0 Å². The van der Waals surface area contributed by atoms with Crippen LogP contribution in [0.25, 0.3) is 11.1 Å². The van der Waals surface area contributed by atoms with Crippen LogP contribution in [0.5, 0.6) is 0 Å². The van der Waals surface area contributed by atoms with Crippen LogP contribution in [0.4, 0.5) is 0 Å². The summed E-state index contributed by atoms with van der Waals surface area (Å²) in [6.45, 7) is 7.27. The van der Waals surface area contributed by atoms with Gasteiger partial charge < -0.3 is 5.32 Å². The van der Waals surface area contributed by atoms with Crippen molar-refractivity contribution in [1.29, 1.82) is 0 Å². The highest BCUT2D eigenvalue weighted by Crippen LogP contribution is 2.19. The summed E-state index contributed by atoms with van der Waals surface area (Å²) < 4.78 is 0. The smallest absolute Gasteiger partial charge is 0.0346 e. The molecule has 94 valence electrons. The van der Waals surface area contributed by atoms with Gasteiger partial charge in [0.1, 0.15) is 0 Å². The van der Waals surface area contributed by atoms with Crippen molar-refractivity contribution in [3.05, 3.63) is 53.9 Å². The molecule has 0 radical (unpaired) electrons. The Morgan fingerprint density at radius 3 is 2.44 bits per heavy atom. The maximum atomic E-state index is 4.32. The molecule has 0 fully saturated rings. The number of pyridine rings is 1. The maximum absolute atomic E-state index is 4.32. The van der Waals surface area contributed by atoms with Crippen LogP contribution in [-0.4, -0.2) is 11.0 Å². The third-order valence-corrected chi connectivity index (χ3v) is 2.89. The Hall–Kier alpha value is -1.67. The second-order valence-corrected chi connectivity index (χ2v) is 4.98. The van der Waals surface area contributed by atoms with Gasteiger partial charge in [-0.25, -0.2) is 0 Å². The topological polar surface area (TPSA) is 24.9 Å². The highest BCUT2D eigenvalue weighted by molar-refractivity contribution is 5.63. The fraction of sp³-hybridized carbons (Fsp3) is 0.312. The number of nitrogens with one attached hydrogen (secondary N) is 1. The number of hydrogen-bond acceptors (Lipinski definition) is 2. The summed E-state index contributed by atoms with van der Waals surface area (Å²) in [7, 11) is 0. The van der Waals surface area contributed by atoms with Crippen LogP contribution < -0.4 is 5.32 Å². The minimum atomic E-state index is 0.494. The molecule has 0 unspecified atom stereocenters. The molecular formula is C16H20N2. The SMILES string of the molecule is Cc1ccc(-c2cncc(CNC(C)C)c2)cc1. The molecule has 0 aliphatic rings. The molecule has 2 heteroatoms. The third kappa shape index (κ3) is 3.41. The molecule has 2 aromatic rings. The van der Waals surface area contributed by atoms with Gasteiger partial charge in [-0.3, -0.25) is 4.98 Å². The van der Waals surface area contributed by atoms with E-state index in [2.05, 4.69) is 61.4 Å². The van der Waals surface area contributed by atoms with Crippen LogP contribution in [0.1, 0.15) is 25.0 Å². The normalized spacial score (nSPS) is 10.9. The van der Waals surface area contributed by atoms with Gasteiger partial charge in [-0.2, -0.15) is 0 Å². The fourth-order valence-corrected chi connectivity index (χ4v) is 1.81. The molecular weight excluding hydrogens is 220 g/mol. The van der Waals surface area contributed by atoms with E-state index in [0.29, 0.717) is 6.04 Å². The minimum Gasteiger partial charge on any atom is -0.310 e. The van der Waals surface area contributed by atoms with Gasteiger partial charge in [-0.05, 0) is 24.1 Å². The van der Waals surface area contributed by atoms with Crippen molar-refractivity contribution in [3.63, 3.8) is 0 Å². The third-order valence-electron chi connectivity index (χ3n) is 2.89. The fourth-order valence-electron chi connectivity index (χ4n) is 1.81. The van der Waals surface area contributed by atoms with Crippen molar-refractivity contribution in [1.82, 2.24) is 10.3 Å². The Kier molecular flexibility index (Phi) is 4.11. The van der Waals surface area contributed by atoms with Gasteiger partial charge in [-0.15, -0.1) is 0 Å². The van der Waals surface area contributed by atoms with Gasteiger partial charge >= 0.3 is 0 Å². The average molecular weight is 240 g/mol. The summed E-state index contributed by atoms with van der Waals surface area (Å²) in [5.41, 5.74) is 4.91. The Labute approximate surface area is 109 Å². The molecule has 1 aromatic carbocycles. The van der Waals surface area contributed by atoms with Crippen molar-refractivity contribution in [2.24, 2.45) is 0 Å². The molecule has 18 heavy (non-hydrogen) atoms. The monoisotopic (exact) mass is 240 g/mol. The Balaban J connectivity index is 2.18. The van der Waals surface area contributed by atoms with Crippen molar-refractivity contribution in [2.75, 3.05) is 0 Å². The average Bonchev–Trinajstić information content (AvgIpc) is 2.37. The van der Waals surface area contributed by atoms with Crippen molar-refractivity contribution < 1.29 is 0 Å². The first-order valence-electron chi connectivity index (χ1n) is 6.39.